The van der Waals surface area contributed by atoms with Crippen LogP contribution < -0.4 is 4.74 Å². The van der Waals surface area contributed by atoms with Crippen LogP contribution in [0.2, 0.25) is 0 Å². The third kappa shape index (κ3) is 4.90. The van der Waals surface area contributed by atoms with Gasteiger partial charge in [-0.25, -0.2) is 12.8 Å². The van der Waals surface area contributed by atoms with Gasteiger partial charge in [0.05, 0.1) is 4.90 Å². The Hall–Kier alpha value is -2.66. The topological polar surface area (TPSA) is 66.9 Å². The molecule has 0 atom stereocenters. The Labute approximate surface area is 170 Å². The molecule has 0 N–H and O–H groups in total. The van der Waals surface area contributed by atoms with E-state index in [1.54, 1.807) is 6.92 Å². The van der Waals surface area contributed by atoms with E-state index < -0.39 is 33.9 Å². The van der Waals surface area contributed by atoms with Crippen LogP contribution in [0.4, 0.5) is 17.6 Å². The Morgan fingerprint density at radius 3 is 2.13 bits per heavy atom. The number of nitrogens with zero attached hydrogens (tertiary/aromatic N) is 2. The van der Waals surface area contributed by atoms with Gasteiger partial charge in [-0.3, -0.25) is 4.79 Å². The lowest BCUT2D eigenvalue weighted by Gasteiger charge is -2.34. The summed E-state index contributed by atoms with van der Waals surface area (Å²) in [4.78, 5) is 13.8. The number of amides is 1. The Bertz CT molecular complexity index is 1030. The smallest absolute Gasteiger partial charge is 0.406 e. The maximum Gasteiger partial charge on any atom is 0.573 e. The highest BCUT2D eigenvalue weighted by Gasteiger charge is 2.33. The Morgan fingerprint density at radius 2 is 1.60 bits per heavy atom. The van der Waals surface area contributed by atoms with E-state index in [1.165, 1.54) is 17.0 Å². The van der Waals surface area contributed by atoms with E-state index in [-0.39, 0.29) is 36.6 Å². The summed E-state index contributed by atoms with van der Waals surface area (Å²) >= 11 is 0. The summed E-state index contributed by atoms with van der Waals surface area (Å²) < 4.78 is 80.7. The first-order valence-electron chi connectivity index (χ1n) is 8.89. The molecular formula is C19H18F4N2O4S. The van der Waals surface area contributed by atoms with E-state index in [4.69, 9.17) is 0 Å². The molecule has 11 heteroatoms. The number of carbonyl (C=O) groups is 1. The van der Waals surface area contributed by atoms with Crippen LogP contribution in [-0.4, -0.2) is 56.1 Å². The summed E-state index contributed by atoms with van der Waals surface area (Å²) in [7, 11) is -3.95. The molecule has 6 nitrogen and oxygen atoms in total. The molecule has 1 fully saturated rings. The number of carbonyl (C=O) groups excluding carboxylic acids is 1. The van der Waals surface area contributed by atoms with Gasteiger partial charge in [0.15, 0.2) is 0 Å². The van der Waals surface area contributed by atoms with E-state index in [0.717, 1.165) is 34.6 Å². The van der Waals surface area contributed by atoms with Crippen molar-refractivity contribution in [3.8, 4) is 5.75 Å². The van der Waals surface area contributed by atoms with Gasteiger partial charge in [0.2, 0.25) is 10.0 Å². The van der Waals surface area contributed by atoms with Crippen LogP contribution in [-0.2, 0) is 10.0 Å². The highest BCUT2D eigenvalue weighted by atomic mass is 32.2. The molecule has 0 saturated carbocycles. The molecule has 0 unspecified atom stereocenters. The molecule has 2 aromatic carbocycles. The van der Waals surface area contributed by atoms with Gasteiger partial charge in [0.25, 0.3) is 5.91 Å². The van der Waals surface area contributed by atoms with Crippen LogP contribution >= 0.6 is 0 Å². The van der Waals surface area contributed by atoms with Gasteiger partial charge >= 0.3 is 6.36 Å². The molecule has 0 aliphatic carbocycles. The number of hydrogen-bond donors (Lipinski definition) is 0. The second-order valence-corrected chi connectivity index (χ2v) is 8.62. The minimum Gasteiger partial charge on any atom is -0.406 e. The van der Waals surface area contributed by atoms with Crippen molar-refractivity contribution in [1.29, 1.82) is 0 Å². The summed E-state index contributed by atoms with van der Waals surface area (Å²) in [5.74, 6) is -1.43. The number of ether oxygens (including phenoxy) is 1. The Morgan fingerprint density at radius 1 is 1.00 bits per heavy atom. The van der Waals surface area contributed by atoms with Crippen LogP contribution in [0.15, 0.2) is 47.4 Å². The van der Waals surface area contributed by atoms with E-state index in [9.17, 15) is 30.8 Å². The van der Waals surface area contributed by atoms with Crippen molar-refractivity contribution in [2.24, 2.45) is 0 Å². The molecule has 0 spiro atoms. The van der Waals surface area contributed by atoms with Crippen molar-refractivity contribution in [3.63, 3.8) is 0 Å². The summed E-state index contributed by atoms with van der Waals surface area (Å²) in [5, 5.41) is 0. The Kier molecular flexibility index (Phi) is 6.04. The summed E-state index contributed by atoms with van der Waals surface area (Å²) in [6.45, 7) is 1.78. The van der Waals surface area contributed by atoms with Crippen LogP contribution in [0, 0.1) is 12.7 Å². The third-order valence-corrected chi connectivity index (χ3v) is 6.55. The van der Waals surface area contributed by atoms with Gasteiger partial charge in [0, 0.05) is 31.7 Å². The standard InChI is InChI=1S/C19H18F4N2O4S/c1-13-2-3-14(12-17(13)20)18(26)24-8-10-25(11-9-24)30(27,28)16-6-4-15(5-7-16)29-19(21,22)23/h2-7,12H,8-11H2,1H3. The minimum absolute atomic E-state index is 0.00319. The van der Waals surface area contributed by atoms with Crippen molar-refractivity contribution in [3.05, 3.63) is 59.4 Å². The number of alkyl halides is 3. The molecule has 1 aliphatic rings. The van der Waals surface area contributed by atoms with Gasteiger partial charge in [-0.2, -0.15) is 4.31 Å². The fourth-order valence-electron chi connectivity index (χ4n) is 3.00. The molecule has 30 heavy (non-hydrogen) atoms. The number of piperazine rings is 1. The summed E-state index contributed by atoms with van der Waals surface area (Å²) in [6, 6.07) is 8.05. The molecule has 1 heterocycles. The average molecular weight is 446 g/mol. The zero-order chi connectivity index (χ0) is 22.1. The fourth-order valence-corrected chi connectivity index (χ4v) is 4.42. The molecule has 0 radical (unpaired) electrons. The monoisotopic (exact) mass is 446 g/mol. The van der Waals surface area contributed by atoms with E-state index in [0.29, 0.717) is 5.56 Å². The largest absolute Gasteiger partial charge is 0.573 e. The number of halogens is 4. The highest BCUT2D eigenvalue weighted by molar-refractivity contribution is 7.89. The third-order valence-electron chi connectivity index (χ3n) is 4.64. The zero-order valence-electron chi connectivity index (χ0n) is 15.8. The molecular weight excluding hydrogens is 428 g/mol. The van der Waals surface area contributed by atoms with Crippen molar-refractivity contribution >= 4 is 15.9 Å². The van der Waals surface area contributed by atoms with Crippen LogP contribution in [0.1, 0.15) is 15.9 Å². The number of rotatable bonds is 4. The number of aryl methyl sites for hydroxylation is 1. The van der Waals surface area contributed by atoms with Gasteiger partial charge in [-0.05, 0) is 48.9 Å². The van der Waals surface area contributed by atoms with E-state index in [2.05, 4.69) is 4.74 Å². The normalized spacial score (nSPS) is 15.8. The highest BCUT2D eigenvalue weighted by Crippen LogP contribution is 2.25. The number of benzene rings is 2. The zero-order valence-corrected chi connectivity index (χ0v) is 16.6. The molecule has 1 amide bonds. The molecule has 3 rings (SSSR count). The first kappa shape index (κ1) is 22.0. The lowest BCUT2D eigenvalue weighted by Crippen LogP contribution is -2.50. The first-order valence-corrected chi connectivity index (χ1v) is 10.3. The van der Waals surface area contributed by atoms with E-state index in [1.807, 2.05) is 0 Å². The van der Waals surface area contributed by atoms with Crippen LogP contribution in [0.3, 0.4) is 0 Å². The van der Waals surface area contributed by atoms with E-state index >= 15 is 0 Å². The van der Waals surface area contributed by atoms with Gasteiger partial charge in [-0.15, -0.1) is 13.2 Å². The molecule has 1 saturated heterocycles. The first-order chi connectivity index (χ1) is 14.0. The van der Waals surface area contributed by atoms with Gasteiger partial charge in [-0.1, -0.05) is 6.07 Å². The summed E-state index contributed by atoms with van der Waals surface area (Å²) in [5.41, 5.74) is 0.587. The second kappa shape index (κ2) is 8.23. The lowest BCUT2D eigenvalue weighted by atomic mass is 10.1. The number of hydrogen-bond acceptors (Lipinski definition) is 4. The molecule has 162 valence electrons. The van der Waals surface area contributed by atoms with Crippen LogP contribution in [0.25, 0.3) is 0 Å². The lowest BCUT2D eigenvalue weighted by molar-refractivity contribution is -0.274. The molecule has 0 bridgehead atoms. The average Bonchev–Trinajstić information content (AvgIpc) is 2.69. The minimum atomic E-state index is -4.87. The molecule has 2 aromatic rings. The van der Waals surface area contributed by atoms with Gasteiger partial charge in [0.1, 0.15) is 11.6 Å². The Balaban J connectivity index is 1.66. The van der Waals surface area contributed by atoms with Crippen molar-refractivity contribution in [1.82, 2.24) is 9.21 Å². The molecule has 1 aliphatic heterocycles. The predicted molar refractivity (Wildman–Crippen MR) is 98.9 cm³/mol. The SMILES string of the molecule is Cc1ccc(C(=O)N2CCN(S(=O)(=O)c3ccc(OC(F)(F)F)cc3)CC2)cc1F. The van der Waals surface area contributed by atoms with Crippen molar-refractivity contribution < 1.29 is 35.5 Å². The predicted octanol–water partition coefficient (Wildman–Crippen LogP) is 3.18. The summed E-state index contributed by atoms with van der Waals surface area (Å²) in [6.07, 6.45) is -4.87. The maximum absolute atomic E-state index is 13.7. The van der Waals surface area contributed by atoms with Crippen molar-refractivity contribution in [2.45, 2.75) is 18.2 Å². The fraction of sp³-hybridized carbons (Fsp3) is 0.316. The second-order valence-electron chi connectivity index (χ2n) is 6.68. The number of sulfonamides is 1. The molecule has 0 aromatic heterocycles. The quantitative estimate of drug-likeness (QED) is 0.677. The van der Waals surface area contributed by atoms with Crippen molar-refractivity contribution in [2.75, 3.05) is 26.2 Å². The maximum atomic E-state index is 13.7. The van der Waals surface area contributed by atoms with Crippen LogP contribution in [0.5, 0.6) is 5.75 Å². The van der Waals surface area contributed by atoms with Gasteiger partial charge < -0.3 is 9.64 Å².